The van der Waals surface area contributed by atoms with Gasteiger partial charge in [0.1, 0.15) is 5.82 Å². The molecule has 2 aromatic rings. The van der Waals surface area contributed by atoms with Gasteiger partial charge in [0.05, 0.1) is 0 Å². The van der Waals surface area contributed by atoms with E-state index in [0.29, 0.717) is 6.04 Å². The van der Waals surface area contributed by atoms with Crippen molar-refractivity contribution >= 4 is 15.9 Å². The molecule has 78 valence electrons. The van der Waals surface area contributed by atoms with Crippen molar-refractivity contribution < 1.29 is 0 Å². The summed E-state index contributed by atoms with van der Waals surface area (Å²) in [6, 6.07) is 8.66. The Morgan fingerprint density at radius 3 is 2.47 bits per heavy atom. The van der Waals surface area contributed by atoms with Gasteiger partial charge in [-0.3, -0.25) is 0 Å². The molecule has 2 nitrogen and oxygen atoms in total. The van der Waals surface area contributed by atoms with Gasteiger partial charge in [0.2, 0.25) is 0 Å². The summed E-state index contributed by atoms with van der Waals surface area (Å²) in [6.07, 6.45) is 3.86. The lowest BCUT2D eigenvalue weighted by Crippen LogP contribution is -2.01. The molecule has 0 atom stereocenters. The number of rotatable bonds is 2. The van der Waals surface area contributed by atoms with Crippen LogP contribution in [0.3, 0.4) is 0 Å². The summed E-state index contributed by atoms with van der Waals surface area (Å²) in [7, 11) is 0. The lowest BCUT2D eigenvalue weighted by atomic mass is 10.2. The minimum absolute atomic E-state index is 0.436. The highest BCUT2D eigenvalue weighted by Crippen LogP contribution is 2.22. The molecule has 3 heteroatoms. The maximum absolute atomic E-state index is 4.39. The van der Waals surface area contributed by atoms with Gasteiger partial charge in [0, 0.05) is 28.5 Å². The third-order valence-corrected chi connectivity index (χ3v) is 2.86. The van der Waals surface area contributed by atoms with Gasteiger partial charge in [0.25, 0.3) is 0 Å². The molecule has 0 unspecified atom stereocenters. The van der Waals surface area contributed by atoms with Crippen molar-refractivity contribution in [2.45, 2.75) is 19.9 Å². The zero-order valence-electron chi connectivity index (χ0n) is 8.81. The van der Waals surface area contributed by atoms with Gasteiger partial charge in [-0.25, -0.2) is 4.98 Å². The SMILES string of the molecule is CC(C)n1ccnc1-c1ccc(Br)cc1. The van der Waals surface area contributed by atoms with Crippen LogP contribution in [0, 0.1) is 0 Å². The van der Waals surface area contributed by atoms with E-state index in [1.165, 1.54) is 0 Å². The Labute approximate surface area is 98.1 Å². The van der Waals surface area contributed by atoms with E-state index < -0.39 is 0 Å². The van der Waals surface area contributed by atoms with Gasteiger partial charge in [-0.05, 0) is 26.0 Å². The van der Waals surface area contributed by atoms with E-state index >= 15 is 0 Å². The topological polar surface area (TPSA) is 17.8 Å². The lowest BCUT2D eigenvalue weighted by molar-refractivity contribution is 0.606. The quantitative estimate of drug-likeness (QED) is 0.805. The Bertz CT molecular complexity index is 443. The molecule has 1 aromatic carbocycles. The van der Waals surface area contributed by atoms with Crippen LogP contribution in [0.5, 0.6) is 0 Å². The fourth-order valence-corrected chi connectivity index (χ4v) is 1.82. The molecule has 15 heavy (non-hydrogen) atoms. The number of halogens is 1. The molecule has 0 amide bonds. The monoisotopic (exact) mass is 264 g/mol. The van der Waals surface area contributed by atoms with Crippen LogP contribution in [0.2, 0.25) is 0 Å². The van der Waals surface area contributed by atoms with Crippen molar-refractivity contribution in [2.24, 2.45) is 0 Å². The van der Waals surface area contributed by atoms with E-state index in [0.717, 1.165) is 15.9 Å². The zero-order chi connectivity index (χ0) is 10.8. The van der Waals surface area contributed by atoms with Crippen LogP contribution in [0.25, 0.3) is 11.4 Å². The van der Waals surface area contributed by atoms with Crippen molar-refractivity contribution in [3.63, 3.8) is 0 Å². The van der Waals surface area contributed by atoms with Gasteiger partial charge in [-0.1, -0.05) is 28.1 Å². The Morgan fingerprint density at radius 1 is 1.20 bits per heavy atom. The first kappa shape index (κ1) is 10.4. The van der Waals surface area contributed by atoms with Crippen molar-refractivity contribution in [1.82, 2.24) is 9.55 Å². The molecule has 0 aliphatic rings. The predicted molar refractivity (Wildman–Crippen MR) is 65.7 cm³/mol. The molecule has 0 aliphatic heterocycles. The molecule has 0 N–H and O–H groups in total. The number of benzene rings is 1. The van der Waals surface area contributed by atoms with Crippen molar-refractivity contribution in [3.05, 3.63) is 41.1 Å². The number of aromatic nitrogens is 2. The van der Waals surface area contributed by atoms with Gasteiger partial charge < -0.3 is 4.57 Å². The van der Waals surface area contributed by atoms with Crippen LogP contribution in [-0.4, -0.2) is 9.55 Å². The fraction of sp³-hybridized carbons (Fsp3) is 0.250. The lowest BCUT2D eigenvalue weighted by Gasteiger charge is -2.11. The molecule has 0 saturated carbocycles. The average molecular weight is 265 g/mol. The standard InChI is InChI=1S/C12H13BrN2/c1-9(2)15-8-7-14-12(15)10-3-5-11(13)6-4-10/h3-9H,1-2H3. The first-order valence-corrected chi connectivity index (χ1v) is 5.76. The minimum Gasteiger partial charge on any atom is -0.328 e. The highest BCUT2D eigenvalue weighted by atomic mass is 79.9. The molecule has 0 aliphatic carbocycles. The highest BCUT2D eigenvalue weighted by Gasteiger charge is 2.07. The fourth-order valence-electron chi connectivity index (χ4n) is 1.55. The molecule has 1 aromatic heterocycles. The number of hydrogen-bond acceptors (Lipinski definition) is 1. The van der Waals surface area contributed by atoms with Crippen molar-refractivity contribution in [3.8, 4) is 11.4 Å². The Morgan fingerprint density at radius 2 is 1.87 bits per heavy atom. The summed E-state index contributed by atoms with van der Waals surface area (Å²) in [6.45, 7) is 4.31. The number of imidazole rings is 1. The van der Waals surface area contributed by atoms with Crippen molar-refractivity contribution in [2.75, 3.05) is 0 Å². The van der Waals surface area contributed by atoms with E-state index in [4.69, 9.17) is 0 Å². The van der Waals surface area contributed by atoms with E-state index in [1.807, 2.05) is 24.5 Å². The zero-order valence-corrected chi connectivity index (χ0v) is 10.4. The van der Waals surface area contributed by atoms with Crippen LogP contribution < -0.4 is 0 Å². The van der Waals surface area contributed by atoms with E-state index in [2.05, 4.69) is 51.5 Å². The molecule has 0 spiro atoms. The van der Waals surface area contributed by atoms with Crippen LogP contribution >= 0.6 is 15.9 Å². The van der Waals surface area contributed by atoms with Gasteiger partial charge >= 0.3 is 0 Å². The molecule has 0 bridgehead atoms. The first-order chi connectivity index (χ1) is 7.18. The third-order valence-electron chi connectivity index (χ3n) is 2.33. The van der Waals surface area contributed by atoms with Crippen molar-refractivity contribution in [1.29, 1.82) is 0 Å². The van der Waals surface area contributed by atoms with Crippen LogP contribution in [0.1, 0.15) is 19.9 Å². The maximum Gasteiger partial charge on any atom is 0.140 e. The molecule has 0 radical (unpaired) electrons. The molecular weight excluding hydrogens is 252 g/mol. The van der Waals surface area contributed by atoms with E-state index in [1.54, 1.807) is 0 Å². The van der Waals surface area contributed by atoms with Gasteiger partial charge in [0.15, 0.2) is 0 Å². The number of nitrogens with zero attached hydrogens (tertiary/aromatic N) is 2. The summed E-state index contributed by atoms with van der Waals surface area (Å²) in [5.74, 6) is 1.03. The average Bonchev–Trinajstić information content (AvgIpc) is 2.67. The largest absolute Gasteiger partial charge is 0.328 e. The second-order valence-corrected chi connectivity index (χ2v) is 4.67. The Kier molecular flexibility index (Phi) is 2.91. The second-order valence-electron chi connectivity index (χ2n) is 3.76. The summed E-state index contributed by atoms with van der Waals surface area (Å²) in [5, 5.41) is 0. The maximum atomic E-state index is 4.39. The Hall–Kier alpha value is -1.09. The minimum atomic E-state index is 0.436. The summed E-state index contributed by atoms with van der Waals surface area (Å²) in [5.41, 5.74) is 1.15. The molecule has 1 heterocycles. The second kappa shape index (κ2) is 4.19. The smallest absolute Gasteiger partial charge is 0.140 e. The highest BCUT2D eigenvalue weighted by molar-refractivity contribution is 9.10. The van der Waals surface area contributed by atoms with Crippen LogP contribution in [0.4, 0.5) is 0 Å². The van der Waals surface area contributed by atoms with Crippen LogP contribution in [0.15, 0.2) is 41.1 Å². The number of hydrogen-bond donors (Lipinski definition) is 0. The third kappa shape index (κ3) is 2.12. The molecule has 0 saturated heterocycles. The summed E-state index contributed by atoms with van der Waals surface area (Å²) >= 11 is 3.43. The summed E-state index contributed by atoms with van der Waals surface area (Å²) in [4.78, 5) is 4.39. The van der Waals surface area contributed by atoms with E-state index in [9.17, 15) is 0 Å². The van der Waals surface area contributed by atoms with E-state index in [-0.39, 0.29) is 0 Å². The molecule has 0 fully saturated rings. The normalized spacial score (nSPS) is 10.9. The predicted octanol–water partition coefficient (Wildman–Crippen LogP) is 3.89. The molecular formula is C12H13BrN2. The molecule has 2 rings (SSSR count). The summed E-state index contributed by atoms with van der Waals surface area (Å²) < 4.78 is 3.26. The van der Waals surface area contributed by atoms with Gasteiger partial charge in [-0.2, -0.15) is 0 Å². The van der Waals surface area contributed by atoms with Gasteiger partial charge in [-0.15, -0.1) is 0 Å². The van der Waals surface area contributed by atoms with Crippen LogP contribution in [-0.2, 0) is 0 Å². The first-order valence-electron chi connectivity index (χ1n) is 4.97. The Balaban J connectivity index is 2.45.